The van der Waals surface area contributed by atoms with E-state index in [1.165, 1.54) is 5.01 Å². The average molecular weight is 403 g/mol. The summed E-state index contributed by atoms with van der Waals surface area (Å²) in [5, 5.41) is 6.15. The van der Waals surface area contributed by atoms with E-state index in [1.54, 1.807) is 0 Å². The van der Waals surface area contributed by atoms with Crippen LogP contribution < -0.4 is 5.01 Å². The van der Waals surface area contributed by atoms with Crippen LogP contribution in [0.3, 0.4) is 0 Å². The molecule has 0 N–H and O–H groups in total. The molecular formula is C18H15BrN2O2S. The van der Waals surface area contributed by atoms with Crippen molar-refractivity contribution >= 4 is 44.0 Å². The summed E-state index contributed by atoms with van der Waals surface area (Å²) in [7, 11) is -1.04. The highest BCUT2D eigenvalue weighted by Crippen LogP contribution is 2.33. The van der Waals surface area contributed by atoms with Gasteiger partial charge in [0.2, 0.25) is 5.91 Å². The van der Waals surface area contributed by atoms with Gasteiger partial charge in [-0.25, -0.2) is 5.01 Å². The Morgan fingerprint density at radius 2 is 1.88 bits per heavy atom. The van der Waals surface area contributed by atoms with E-state index in [0.717, 1.165) is 32.8 Å². The molecule has 2 aliphatic heterocycles. The van der Waals surface area contributed by atoms with Gasteiger partial charge in [-0.15, -0.1) is 0 Å². The predicted octanol–water partition coefficient (Wildman–Crippen LogP) is 3.72. The molecular weight excluding hydrogens is 388 g/mol. The third-order valence-electron chi connectivity index (χ3n) is 4.38. The normalized spacial score (nSPS) is 23.1. The summed E-state index contributed by atoms with van der Waals surface area (Å²) in [5.41, 5.74) is 2.53. The number of hydrogen-bond donors (Lipinski definition) is 0. The van der Waals surface area contributed by atoms with Crippen LogP contribution in [-0.4, -0.2) is 21.6 Å². The third-order valence-corrected chi connectivity index (χ3v) is 6.36. The van der Waals surface area contributed by atoms with Crippen molar-refractivity contribution in [3.8, 4) is 0 Å². The molecule has 2 atom stereocenters. The number of nitrogens with zero attached hydrogens (tertiary/aromatic N) is 2. The van der Waals surface area contributed by atoms with Crippen molar-refractivity contribution in [2.75, 3.05) is 10.8 Å². The van der Waals surface area contributed by atoms with E-state index in [-0.39, 0.29) is 11.8 Å². The number of hydrazone groups is 1. The van der Waals surface area contributed by atoms with Crippen LogP contribution in [0.2, 0.25) is 0 Å². The molecule has 2 aromatic rings. The molecule has 2 unspecified atom stereocenters. The van der Waals surface area contributed by atoms with Gasteiger partial charge < -0.3 is 0 Å². The first-order valence-corrected chi connectivity index (χ1v) is 9.89. The standard InChI is InChI=1S/C18H15BrN2O2S/c19-13-5-7-14(8-6-13)21-17(22)11-12-9-10-24(23)16-4-2-1-3-15(16)18(12)20-21/h1-8,12H,9-11H2. The lowest BCUT2D eigenvalue weighted by molar-refractivity contribution is -0.119. The number of benzene rings is 2. The molecule has 2 aliphatic rings. The van der Waals surface area contributed by atoms with E-state index in [0.29, 0.717) is 12.2 Å². The molecule has 0 aliphatic carbocycles. The monoisotopic (exact) mass is 402 g/mol. The highest BCUT2D eigenvalue weighted by Gasteiger charge is 2.34. The second-order valence-corrected chi connectivity index (χ2v) is 8.36. The van der Waals surface area contributed by atoms with Gasteiger partial charge in [0.15, 0.2) is 0 Å². The molecule has 2 heterocycles. The van der Waals surface area contributed by atoms with Gasteiger partial charge in [0.25, 0.3) is 0 Å². The van der Waals surface area contributed by atoms with Crippen LogP contribution in [0, 0.1) is 5.92 Å². The second kappa shape index (κ2) is 6.26. The zero-order valence-corrected chi connectivity index (χ0v) is 15.2. The first-order valence-electron chi connectivity index (χ1n) is 7.78. The van der Waals surface area contributed by atoms with Crippen LogP contribution in [0.25, 0.3) is 0 Å². The second-order valence-electron chi connectivity index (χ2n) is 5.90. The molecule has 0 bridgehead atoms. The van der Waals surface area contributed by atoms with E-state index in [2.05, 4.69) is 21.0 Å². The molecule has 122 valence electrons. The number of amides is 1. The minimum absolute atomic E-state index is 0.0174. The zero-order chi connectivity index (χ0) is 16.7. The zero-order valence-electron chi connectivity index (χ0n) is 12.8. The number of halogens is 1. The van der Waals surface area contributed by atoms with Crippen LogP contribution in [0.15, 0.2) is 63.0 Å². The van der Waals surface area contributed by atoms with Crippen molar-refractivity contribution in [2.24, 2.45) is 11.0 Å². The summed E-state index contributed by atoms with van der Waals surface area (Å²) >= 11 is 3.41. The van der Waals surface area contributed by atoms with Crippen molar-refractivity contribution in [2.45, 2.75) is 17.7 Å². The molecule has 2 aromatic carbocycles. The van der Waals surface area contributed by atoms with Crippen molar-refractivity contribution in [3.63, 3.8) is 0 Å². The Morgan fingerprint density at radius 1 is 1.12 bits per heavy atom. The minimum Gasteiger partial charge on any atom is -0.273 e. The molecule has 0 radical (unpaired) electrons. The lowest BCUT2D eigenvalue weighted by Crippen LogP contribution is -2.37. The minimum atomic E-state index is -1.04. The fourth-order valence-corrected chi connectivity index (χ4v) is 4.80. The Morgan fingerprint density at radius 3 is 2.67 bits per heavy atom. The van der Waals surface area contributed by atoms with Gasteiger partial charge in [-0.1, -0.05) is 34.1 Å². The molecule has 0 saturated carbocycles. The van der Waals surface area contributed by atoms with Gasteiger partial charge in [0.05, 0.1) is 22.2 Å². The van der Waals surface area contributed by atoms with Crippen LogP contribution >= 0.6 is 15.9 Å². The maximum atomic E-state index is 12.6. The predicted molar refractivity (Wildman–Crippen MR) is 98.6 cm³/mol. The molecule has 4 rings (SSSR count). The van der Waals surface area contributed by atoms with Gasteiger partial charge >= 0.3 is 0 Å². The first kappa shape index (κ1) is 15.7. The summed E-state index contributed by atoms with van der Waals surface area (Å²) < 4.78 is 13.4. The first-order chi connectivity index (χ1) is 11.6. The smallest absolute Gasteiger partial charge is 0.248 e. The molecule has 24 heavy (non-hydrogen) atoms. The number of rotatable bonds is 1. The van der Waals surface area contributed by atoms with Crippen LogP contribution in [0.4, 0.5) is 5.69 Å². The van der Waals surface area contributed by atoms with Crippen molar-refractivity contribution < 1.29 is 9.00 Å². The molecule has 1 amide bonds. The van der Waals surface area contributed by atoms with Gasteiger partial charge in [0.1, 0.15) is 0 Å². The fraction of sp³-hybridized carbons (Fsp3) is 0.222. The highest BCUT2D eigenvalue weighted by atomic mass is 79.9. The Labute approximate surface area is 151 Å². The maximum absolute atomic E-state index is 12.6. The summed E-state index contributed by atoms with van der Waals surface area (Å²) in [6, 6.07) is 15.2. The lowest BCUT2D eigenvalue weighted by atomic mass is 9.90. The summed E-state index contributed by atoms with van der Waals surface area (Å²) in [6.45, 7) is 0. The van der Waals surface area contributed by atoms with Crippen LogP contribution in [0.5, 0.6) is 0 Å². The van der Waals surface area contributed by atoms with Crippen LogP contribution in [-0.2, 0) is 15.6 Å². The largest absolute Gasteiger partial charge is 0.273 e. The lowest BCUT2D eigenvalue weighted by Gasteiger charge is -2.28. The maximum Gasteiger partial charge on any atom is 0.248 e. The SMILES string of the molecule is O=C1CC2CCS(=O)c3ccccc3C2=NN1c1ccc(Br)cc1. The van der Waals surface area contributed by atoms with E-state index in [4.69, 9.17) is 0 Å². The van der Waals surface area contributed by atoms with Gasteiger partial charge in [-0.3, -0.25) is 9.00 Å². The van der Waals surface area contributed by atoms with Gasteiger partial charge in [-0.2, -0.15) is 5.10 Å². The number of hydrogen-bond acceptors (Lipinski definition) is 3. The Hall–Kier alpha value is -1.79. The van der Waals surface area contributed by atoms with Crippen LogP contribution in [0.1, 0.15) is 18.4 Å². The fourth-order valence-electron chi connectivity index (χ4n) is 3.17. The number of carbonyl (C=O) groups is 1. The van der Waals surface area contributed by atoms with Crippen molar-refractivity contribution in [1.29, 1.82) is 0 Å². The molecule has 0 saturated heterocycles. The molecule has 0 fully saturated rings. The topological polar surface area (TPSA) is 49.7 Å². The summed E-state index contributed by atoms with van der Waals surface area (Å²) in [4.78, 5) is 13.4. The van der Waals surface area contributed by atoms with Crippen molar-refractivity contribution in [1.82, 2.24) is 0 Å². The highest BCUT2D eigenvalue weighted by molar-refractivity contribution is 9.10. The van der Waals surface area contributed by atoms with Gasteiger partial charge in [0, 0.05) is 33.0 Å². The Bertz CT molecular complexity index is 864. The number of anilines is 1. The van der Waals surface area contributed by atoms with Gasteiger partial charge in [-0.05, 0) is 36.8 Å². The molecule has 0 aromatic heterocycles. The summed E-state index contributed by atoms with van der Waals surface area (Å²) in [6.07, 6.45) is 1.13. The molecule has 6 heteroatoms. The summed E-state index contributed by atoms with van der Waals surface area (Å²) in [5.74, 6) is 0.597. The molecule has 4 nitrogen and oxygen atoms in total. The average Bonchev–Trinajstić information content (AvgIpc) is 2.73. The van der Waals surface area contributed by atoms with E-state index in [9.17, 15) is 9.00 Å². The van der Waals surface area contributed by atoms with E-state index < -0.39 is 10.8 Å². The Kier molecular flexibility index (Phi) is 4.10. The van der Waals surface area contributed by atoms with E-state index >= 15 is 0 Å². The third kappa shape index (κ3) is 2.74. The Balaban J connectivity index is 1.84. The molecule has 0 spiro atoms. The van der Waals surface area contributed by atoms with E-state index in [1.807, 2.05) is 48.5 Å². The number of carbonyl (C=O) groups excluding carboxylic acids is 1. The number of fused-ring (bicyclic) bond motifs is 3. The quantitative estimate of drug-likeness (QED) is 0.729. The van der Waals surface area contributed by atoms with Crippen molar-refractivity contribution in [3.05, 3.63) is 58.6 Å².